The predicted octanol–water partition coefficient (Wildman–Crippen LogP) is -0.114. The van der Waals surface area contributed by atoms with Gasteiger partial charge in [0.05, 0.1) is 12.1 Å². The van der Waals surface area contributed by atoms with Gasteiger partial charge in [-0.25, -0.2) is 0 Å². The van der Waals surface area contributed by atoms with Gasteiger partial charge >= 0.3 is 11.8 Å². The Kier molecular flexibility index (Phi) is 4.29. The third-order valence-electron chi connectivity index (χ3n) is 2.68. The molecule has 0 atom stereocenters. The van der Waals surface area contributed by atoms with Crippen molar-refractivity contribution in [3.8, 4) is 0 Å². The largest absolute Gasteiger partial charge is 0.394 e. The van der Waals surface area contributed by atoms with Gasteiger partial charge in [0.1, 0.15) is 0 Å². The summed E-state index contributed by atoms with van der Waals surface area (Å²) in [5.41, 5.74) is -0.747. The molecule has 1 aliphatic rings. The molecule has 16 heavy (non-hydrogen) atoms. The van der Waals surface area contributed by atoms with Gasteiger partial charge in [-0.1, -0.05) is 0 Å². The lowest BCUT2D eigenvalue weighted by Crippen LogP contribution is -2.53. The molecule has 0 aliphatic carbocycles. The Morgan fingerprint density at radius 3 is 2.31 bits per heavy atom. The highest BCUT2D eigenvalue weighted by Crippen LogP contribution is 2.09. The van der Waals surface area contributed by atoms with Crippen molar-refractivity contribution in [3.63, 3.8) is 0 Å². The lowest BCUT2D eigenvalue weighted by atomic mass is 10.1. The van der Waals surface area contributed by atoms with E-state index in [0.717, 1.165) is 19.3 Å². The molecular weight excluding hydrogens is 208 g/mol. The van der Waals surface area contributed by atoms with E-state index in [1.54, 1.807) is 18.7 Å². The van der Waals surface area contributed by atoms with Crippen molar-refractivity contribution in [1.82, 2.24) is 10.2 Å². The molecule has 5 nitrogen and oxygen atoms in total. The molecule has 5 heteroatoms. The molecule has 1 aliphatic heterocycles. The zero-order valence-corrected chi connectivity index (χ0v) is 9.95. The van der Waals surface area contributed by atoms with Crippen LogP contribution in [0.2, 0.25) is 0 Å². The molecule has 0 saturated carbocycles. The number of aliphatic hydroxyl groups is 1. The number of nitrogens with one attached hydrogen (secondary N) is 1. The Balaban J connectivity index is 2.50. The molecule has 0 aromatic carbocycles. The fraction of sp³-hybridized carbons (Fsp3) is 0.818. The molecule has 0 bridgehead atoms. The van der Waals surface area contributed by atoms with E-state index in [0.29, 0.717) is 13.1 Å². The smallest absolute Gasteiger partial charge is 0.311 e. The van der Waals surface area contributed by atoms with Gasteiger partial charge in [-0.3, -0.25) is 9.59 Å². The Bertz CT molecular complexity index is 270. The summed E-state index contributed by atoms with van der Waals surface area (Å²) in [5.74, 6) is -1.11. The molecule has 0 aromatic heterocycles. The summed E-state index contributed by atoms with van der Waals surface area (Å²) in [6.07, 6.45) is 3.04. The summed E-state index contributed by atoms with van der Waals surface area (Å²) < 4.78 is 0. The van der Waals surface area contributed by atoms with Gasteiger partial charge in [0.2, 0.25) is 0 Å². The van der Waals surface area contributed by atoms with Crippen LogP contribution in [-0.2, 0) is 9.59 Å². The van der Waals surface area contributed by atoms with E-state index in [1.165, 1.54) is 0 Å². The second-order valence-corrected chi connectivity index (χ2v) is 4.85. The molecule has 0 spiro atoms. The van der Waals surface area contributed by atoms with E-state index in [-0.39, 0.29) is 6.61 Å². The third kappa shape index (κ3) is 3.48. The van der Waals surface area contributed by atoms with Crippen LogP contribution < -0.4 is 5.32 Å². The van der Waals surface area contributed by atoms with E-state index in [9.17, 15) is 9.59 Å². The standard InChI is InChI=1S/C11H20N2O3/c1-11(2,8-14)12-9(15)10(16)13-6-4-3-5-7-13/h14H,3-8H2,1-2H3,(H,12,15). The fourth-order valence-electron chi connectivity index (χ4n) is 1.64. The van der Waals surface area contributed by atoms with Gasteiger partial charge in [-0.15, -0.1) is 0 Å². The van der Waals surface area contributed by atoms with E-state index in [1.807, 2.05) is 0 Å². The number of nitrogens with zero attached hydrogens (tertiary/aromatic N) is 1. The first kappa shape index (κ1) is 13.0. The summed E-state index contributed by atoms with van der Waals surface area (Å²) in [5, 5.41) is 11.5. The molecule has 0 unspecified atom stereocenters. The SMILES string of the molecule is CC(C)(CO)NC(=O)C(=O)N1CCCCC1. The summed E-state index contributed by atoms with van der Waals surface area (Å²) >= 11 is 0. The molecule has 1 fully saturated rings. The van der Waals surface area contributed by atoms with Gasteiger partial charge in [-0.05, 0) is 33.1 Å². The van der Waals surface area contributed by atoms with Gasteiger partial charge in [0.15, 0.2) is 0 Å². The van der Waals surface area contributed by atoms with Crippen LogP contribution in [-0.4, -0.2) is 47.1 Å². The topological polar surface area (TPSA) is 69.6 Å². The average Bonchev–Trinajstić information content (AvgIpc) is 2.28. The van der Waals surface area contributed by atoms with Crippen molar-refractivity contribution in [3.05, 3.63) is 0 Å². The summed E-state index contributed by atoms with van der Waals surface area (Å²) in [6, 6.07) is 0. The van der Waals surface area contributed by atoms with Crippen molar-refractivity contribution in [2.24, 2.45) is 0 Å². The van der Waals surface area contributed by atoms with E-state index in [4.69, 9.17) is 5.11 Å². The summed E-state index contributed by atoms with van der Waals surface area (Å²) in [6.45, 7) is 4.48. The number of aliphatic hydroxyl groups excluding tert-OH is 1. The number of amides is 2. The minimum atomic E-state index is -0.747. The van der Waals surface area contributed by atoms with E-state index >= 15 is 0 Å². The Morgan fingerprint density at radius 1 is 1.25 bits per heavy atom. The highest BCUT2D eigenvalue weighted by molar-refractivity contribution is 6.35. The third-order valence-corrected chi connectivity index (χ3v) is 2.68. The molecule has 1 saturated heterocycles. The number of carbonyl (C=O) groups excluding carboxylic acids is 2. The normalized spacial score (nSPS) is 17.1. The van der Waals surface area contributed by atoms with Gasteiger partial charge < -0.3 is 15.3 Å². The predicted molar refractivity (Wildman–Crippen MR) is 59.7 cm³/mol. The van der Waals surface area contributed by atoms with Gasteiger partial charge in [-0.2, -0.15) is 0 Å². The highest BCUT2D eigenvalue weighted by Gasteiger charge is 2.27. The lowest BCUT2D eigenvalue weighted by Gasteiger charge is -2.28. The Labute approximate surface area is 95.8 Å². The van der Waals surface area contributed by atoms with Crippen molar-refractivity contribution in [2.75, 3.05) is 19.7 Å². The van der Waals surface area contributed by atoms with Crippen LogP contribution in [0.25, 0.3) is 0 Å². The number of hydrogen-bond acceptors (Lipinski definition) is 3. The van der Waals surface area contributed by atoms with Crippen molar-refractivity contribution in [1.29, 1.82) is 0 Å². The van der Waals surface area contributed by atoms with Crippen LogP contribution in [0.1, 0.15) is 33.1 Å². The number of hydrogen-bond donors (Lipinski definition) is 2. The number of rotatable bonds is 2. The Morgan fingerprint density at radius 2 is 1.81 bits per heavy atom. The van der Waals surface area contributed by atoms with Crippen LogP contribution in [0.15, 0.2) is 0 Å². The maximum absolute atomic E-state index is 11.7. The molecule has 1 rings (SSSR count). The fourth-order valence-corrected chi connectivity index (χ4v) is 1.64. The zero-order valence-electron chi connectivity index (χ0n) is 9.95. The first-order valence-corrected chi connectivity index (χ1v) is 5.68. The molecule has 2 N–H and O–H groups in total. The Hall–Kier alpha value is -1.10. The van der Waals surface area contributed by atoms with Crippen LogP contribution in [0.4, 0.5) is 0 Å². The second kappa shape index (κ2) is 5.30. The molecule has 2 amide bonds. The van der Waals surface area contributed by atoms with Crippen LogP contribution in [0, 0.1) is 0 Å². The second-order valence-electron chi connectivity index (χ2n) is 4.85. The molecule has 0 radical (unpaired) electrons. The van der Waals surface area contributed by atoms with Crippen molar-refractivity contribution < 1.29 is 14.7 Å². The highest BCUT2D eigenvalue weighted by atomic mass is 16.3. The molecular formula is C11H20N2O3. The minimum absolute atomic E-state index is 0.188. The lowest BCUT2D eigenvalue weighted by molar-refractivity contribution is -0.147. The maximum Gasteiger partial charge on any atom is 0.311 e. The zero-order chi connectivity index (χ0) is 12.2. The first-order chi connectivity index (χ1) is 7.46. The van der Waals surface area contributed by atoms with Crippen molar-refractivity contribution >= 4 is 11.8 Å². The number of piperidine rings is 1. The first-order valence-electron chi connectivity index (χ1n) is 5.68. The monoisotopic (exact) mass is 228 g/mol. The van der Waals surface area contributed by atoms with Gasteiger partial charge in [0, 0.05) is 13.1 Å². The number of carbonyl (C=O) groups is 2. The maximum atomic E-state index is 11.7. The van der Waals surface area contributed by atoms with Gasteiger partial charge in [0.25, 0.3) is 0 Å². The molecule has 1 heterocycles. The van der Waals surface area contributed by atoms with Crippen LogP contribution >= 0.6 is 0 Å². The van der Waals surface area contributed by atoms with E-state index < -0.39 is 17.4 Å². The van der Waals surface area contributed by atoms with Crippen LogP contribution in [0.3, 0.4) is 0 Å². The summed E-state index contributed by atoms with van der Waals surface area (Å²) in [7, 11) is 0. The summed E-state index contributed by atoms with van der Waals surface area (Å²) in [4.78, 5) is 24.9. The molecule has 92 valence electrons. The van der Waals surface area contributed by atoms with E-state index in [2.05, 4.69) is 5.32 Å². The van der Waals surface area contributed by atoms with Crippen LogP contribution in [0.5, 0.6) is 0 Å². The average molecular weight is 228 g/mol. The minimum Gasteiger partial charge on any atom is -0.394 e. The number of likely N-dealkylation sites (tertiary alicyclic amines) is 1. The quantitative estimate of drug-likeness (QED) is 0.648. The van der Waals surface area contributed by atoms with Crippen molar-refractivity contribution in [2.45, 2.75) is 38.6 Å². The molecule has 0 aromatic rings.